The van der Waals surface area contributed by atoms with Crippen molar-refractivity contribution in [1.82, 2.24) is 15.3 Å². The van der Waals surface area contributed by atoms with Crippen LogP contribution in [0.3, 0.4) is 0 Å². The third-order valence-electron chi connectivity index (χ3n) is 3.59. The van der Waals surface area contributed by atoms with E-state index in [0.717, 1.165) is 44.8 Å². The number of nitrogens with zero attached hydrogens (tertiary/aromatic N) is 2. The van der Waals surface area contributed by atoms with Crippen molar-refractivity contribution >= 4 is 0 Å². The van der Waals surface area contributed by atoms with E-state index in [2.05, 4.69) is 17.2 Å². The smallest absolute Gasteiger partial charge is 0.131 e. The van der Waals surface area contributed by atoms with Crippen molar-refractivity contribution in [2.75, 3.05) is 6.61 Å². The van der Waals surface area contributed by atoms with Gasteiger partial charge in [-0.3, -0.25) is 0 Å². The number of nitrogens with one attached hydrogen (secondary N) is 1. The monoisotopic (exact) mass is 233 g/mol. The van der Waals surface area contributed by atoms with Gasteiger partial charge >= 0.3 is 0 Å². The lowest BCUT2D eigenvalue weighted by molar-refractivity contribution is 0.110. The Morgan fingerprint density at radius 2 is 2.29 bits per heavy atom. The van der Waals surface area contributed by atoms with Gasteiger partial charge in [-0.05, 0) is 19.3 Å². The molecule has 1 aromatic heterocycles. The molecule has 92 valence electrons. The van der Waals surface area contributed by atoms with Gasteiger partial charge in [-0.15, -0.1) is 0 Å². The highest BCUT2D eigenvalue weighted by atomic mass is 16.5. The SMILES string of the molecule is CCc1nc(CC2CCCO2)nc2c1CNC2. The Balaban J connectivity index is 1.84. The summed E-state index contributed by atoms with van der Waals surface area (Å²) in [5.74, 6) is 0.969. The zero-order chi connectivity index (χ0) is 11.7. The number of hydrogen-bond acceptors (Lipinski definition) is 4. The molecule has 1 saturated heterocycles. The molecule has 0 aromatic carbocycles. The van der Waals surface area contributed by atoms with Crippen molar-refractivity contribution in [3.05, 3.63) is 22.8 Å². The van der Waals surface area contributed by atoms with Gasteiger partial charge in [0.25, 0.3) is 0 Å². The Morgan fingerprint density at radius 3 is 3.06 bits per heavy atom. The lowest BCUT2D eigenvalue weighted by Gasteiger charge is -2.11. The summed E-state index contributed by atoms with van der Waals surface area (Å²) in [6.07, 6.45) is 4.54. The molecular weight excluding hydrogens is 214 g/mol. The second-order valence-electron chi connectivity index (χ2n) is 4.81. The van der Waals surface area contributed by atoms with Crippen LogP contribution in [0.25, 0.3) is 0 Å². The van der Waals surface area contributed by atoms with Gasteiger partial charge in [0.2, 0.25) is 0 Å². The van der Waals surface area contributed by atoms with Crippen LogP contribution >= 0.6 is 0 Å². The molecule has 1 fully saturated rings. The van der Waals surface area contributed by atoms with Crippen LogP contribution in [-0.4, -0.2) is 22.7 Å². The molecular formula is C13H19N3O. The van der Waals surface area contributed by atoms with E-state index in [0.29, 0.717) is 6.10 Å². The summed E-state index contributed by atoms with van der Waals surface area (Å²) in [6, 6.07) is 0. The zero-order valence-corrected chi connectivity index (χ0v) is 10.3. The minimum absolute atomic E-state index is 0.340. The Kier molecular flexibility index (Phi) is 3.07. The van der Waals surface area contributed by atoms with Gasteiger partial charge in [-0.2, -0.15) is 0 Å². The molecule has 0 radical (unpaired) electrons. The van der Waals surface area contributed by atoms with Crippen molar-refractivity contribution in [2.24, 2.45) is 0 Å². The van der Waals surface area contributed by atoms with Gasteiger partial charge in [-0.25, -0.2) is 9.97 Å². The van der Waals surface area contributed by atoms with E-state index in [1.807, 2.05) is 0 Å². The third-order valence-corrected chi connectivity index (χ3v) is 3.59. The summed E-state index contributed by atoms with van der Waals surface area (Å²) in [5.41, 5.74) is 3.74. The Morgan fingerprint density at radius 1 is 1.35 bits per heavy atom. The lowest BCUT2D eigenvalue weighted by atomic mass is 10.1. The van der Waals surface area contributed by atoms with Gasteiger partial charge in [0.05, 0.1) is 11.8 Å². The molecule has 0 spiro atoms. The summed E-state index contributed by atoms with van der Waals surface area (Å²) in [5, 5.41) is 3.35. The van der Waals surface area contributed by atoms with Crippen molar-refractivity contribution in [2.45, 2.75) is 51.8 Å². The van der Waals surface area contributed by atoms with Crippen LogP contribution < -0.4 is 5.32 Å². The molecule has 0 bridgehead atoms. The fourth-order valence-electron chi connectivity index (χ4n) is 2.69. The lowest BCUT2D eigenvalue weighted by Crippen LogP contribution is -2.14. The minimum atomic E-state index is 0.340. The number of rotatable bonds is 3. The maximum Gasteiger partial charge on any atom is 0.131 e. The van der Waals surface area contributed by atoms with E-state index < -0.39 is 0 Å². The predicted octanol–water partition coefficient (Wildman–Crippen LogP) is 1.36. The van der Waals surface area contributed by atoms with Crippen molar-refractivity contribution in [3.63, 3.8) is 0 Å². The highest BCUT2D eigenvalue weighted by molar-refractivity contribution is 5.29. The van der Waals surface area contributed by atoms with Gasteiger partial charge in [0.15, 0.2) is 0 Å². The van der Waals surface area contributed by atoms with E-state index in [1.54, 1.807) is 0 Å². The minimum Gasteiger partial charge on any atom is -0.378 e. The summed E-state index contributed by atoms with van der Waals surface area (Å²) in [4.78, 5) is 9.37. The van der Waals surface area contributed by atoms with Crippen LogP contribution in [0.2, 0.25) is 0 Å². The molecule has 1 unspecified atom stereocenters. The molecule has 3 heterocycles. The van der Waals surface area contributed by atoms with Crippen molar-refractivity contribution in [1.29, 1.82) is 0 Å². The summed E-state index contributed by atoms with van der Waals surface area (Å²) < 4.78 is 5.65. The highest BCUT2D eigenvalue weighted by Gasteiger charge is 2.21. The van der Waals surface area contributed by atoms with Crippen LogP contribution in [0.1, 0.15) is 42.5 Å². The molecule has 3 rings (SSSR count). The number of aryl methyl sites for hydroxylation is 1. The first-order valence-electron chi connectivity index (χ1n) is 6.56. The standard InChI is InChI=1S/C13H19N3O/c1-2-11-10-7-14-8-12(10)16-13(15-11)6-9-4-3-5-17-9/h9,14H,2-8H2,1H3. The average molecular weight is 233 g/mol. The first kappa shape index (κ1) is 11.1. The van der Waals surface area contributed by atoms with E-state index in [9.17, 15) is 0 Å². The Labute approximate surface area is 102 Å². The second kappa shape index (κ2) is 4.70. The molecule has 4 heteroatoms. The first-order chi connectivity index (χ1) is 8.36. The van der Waals surface area contributed by atoms with Crippen LogP contribution in [-0.2, 0) is 30.7 Å². The number of ether oxygens (including phenoxy) is 1. The number of aromatic nitrogens is 2. The van der Waals surface area contributed by atoms with Gasteiger partial charge in [0, 0.05) is 37.4 Å². The van der Waals surface area contributed by atoms with Gasteiger partial charge in [0.1, 0.15) is 5.82 Å². The molecule has 4 nitrogen and oxygen atoms in total. The van der Waals surface area contributed by atoms with Crippen LogP contribution in [0, 0.1) is 0 Å². The van der Waals surface area contributed by atoms with E-state index in [1.165, 1.54) is 23.4 Å². The summed E-state index contributed by atoms with van der Waals surface area (Å²) in [7, 11) is 0. The number of fused-ring (bicyclic) bond motifs is 1. The van der Waals surface area contributed by atoms with Gasteiger partial charge in [-0.1, -0.05) is 6.92 Å². The largest absolute Gasteiger partial charge is 0.378 e. The molecule has 2 aliphatic heterocycles. The zero-order valence-electron chi connectivity index (χ0n) is 10.3. The fraction of sp³-hybridized carbons (Fsp3) is 0.692. The fourth-order valence-corrected chi connectivity index (χ4v) is 2.69. The average Bonchev–Trinajstić information content (AvgIpc) is 2.98. The van der Waals surface area contributed by atoms with Crippen molar-refractivity contribution < 1.29 is 4.74 Å². The quantitative estimate of drug-likeness (QED) is 0.856. The Bertz CT molecular complexity index is 413. The van der Waals surface area contributed by atoms with E-state index in [-0.39, 0.29) is 0 Å². The molecule has 0 aliphatic carbocycles. The molecule has 1 aromatic rings. The molecule has 17 heavy (non-hydrogen) atoms. The summed E-state index contributed by atoms with van der Waals surface area (Å²) >= 11 is 0. The molecule has 1 atom stereocenters. The van der Waals surface area contributed by atoms with E-state index >= 15 is 0 Å². The summed E-state index contributed by atoms with van der Waals surface area (Å²) in [6.45, 7) is 4.89. The van der Waals surface area contributed by atoms with E-state index in [4.69, 9.17) is 9.72 Å². The van der Waals surface area contributed by atoms with Crippen molar-refractivity contribution in [3.8, 4) is 0 Å². The highest BCUT2D eigenvalue weighted by Crippen LogP contribution is 2.20. The molecule has 2 aliphatic rings. The van der Waals surface area contributed by atoms with Crippen LogP contribution in [0.15, 0.2) is 0 Å². The molecule has 0 amide bonds. The third kappa shape index (κ3) is 2.19. The van der Waals surface area contributed by atoms with Crippen LogP contribution in [0.4, 0.5) is 0 Å². The normalized spacial score (nSPS) is 23.0. The Hall–Kier alpha value is -1.00. The van der Waals surface area contributed by atoms with Gasteiger partial charge < -0.3 is 10.1 Å². The maximum atomic E-state index is 5.65. The second-order valence-corrected chi connectivity index (χ2v) is 4.81. The number of hydrogen-bond donors (Lipinski definition) is 1. The molecule has 0 saturated carbocycles. The maximum absolute atomic E-state index is 5.65. The first-order valence-corrected chi connectivity index (χ1v) is 6.56. The molecule has 1 N–H and O–H groups in total. The topological polar surface area (TPSA) is 47.0 Å². The van der Waals surface area contributed by atoms with Crippen LogP contribution in [0.5, 0.6) is 0 Å². The predicted molar refractivity (Wildman–Crippen MR) is 64.6 cm³/mol.